The summed E-state index contributed by atoms with van der Waals surface area (Å²) in [6.07, 6.45) is 8.15. The molecule has 4 heteroatoms. The Morgan fingerprint density at radius 2 is 1.81 bits per heavy atom. The van der Waals surface area contributed by atoms with Gasteiger partial charge in [0.15, 0.2) is 0 Å². The lowest BCUT2D eigenvalue weighted by molar-refractivity contribution is 0.349. The predicted octanol–water partition coefficient (Wildman–Crippen LogP) is 7.33. The highest BCUT2D eigenvalue weighted by Gasteiger charge is 2.32. The lowest BCUT2D eigenvalue weighted by atomic mass is 9.88. The topological polar surface area (TPSA) is 0 Å². The normalized spacial score (nSPS) is 18.7. The van der Waals surface area contributed by atoms with Crippen LogP contribution in [0.5, 0.6) is 0 Å². The average Bonchev–Trinajstić information content (AvgIpc) is 2.46. The molecule has 2 rings (SSSR count). The van der Waals surface area contributed by atoms with E-state index in [0.29, 0.717) is 5.92 Å². The molecule has 0 bridgehead atoms. The molecule has 0 heterocycles. The molecule has 1 aromatic carbocycles. The Bertz CT molecular complexity index is 441. The van der Waals surface area contributed by atoms with Crippen LogP contribution in [0.25, 0.3) is 0 Å². The summed E-state index contributed by atoms with van der Waals surface area (Å²) >= 11 is 19.7. The quantitative estimate of drug-likeness (QED) is 0.366. The molecule has 0 spiro atoms. The molecule has 1 aliphatic carbocycles. The maximum absolute atomic E-state index is 6.71. The monoisotopic (exact) mass is 362 g/mol. The molecule has 0 nitrogen and oxygen atoms in total. The molecule has 118 valence electrons. The van der Waals surface area contributed by atoms with Crippen molar-refractivity contribution in [1.29, 1.82) is 0 Å². The maximum atomic E-state index is 6.71. The van der Waals surface area contributed by atoms with Gasteiger partial charge in [-0.25, -0.2) is 0 Å². The summed E-state index contributed by atoms with van der Waals surface area (Å²) in [5.41, 5.74) is 1.18. The van der Waals surface area contributed by atoms with Gasteiger partial charge in [-0.15, -0.1) is 22.2 Å². The molecular weight excluding hydrogens is 339 g/mol. The van der Waals surface area contributed by atoms with Crippen LogP contribution in [0, 0.1) is 5.92 Å². The first-order chi connectivity index (χ1) is 9.98. The largest absolute Gasteiger partial charge is 0.251 e. The van der Waals surface area contributed by atoms with E-state index in [4.69, 9.17) is 33.8 Å². The number of benzene rings is 1. The van der Waals surface area contributed by atoms with Gasteiger partial charge in [-0.3, -0.25) is 0 Å². The van der Waals surface area contributed by atoms with E-state index in [1.165, 1.54) is 44.1 Å². The first-order valence-electron chi connectivity index (χ1n) is 8.10. The molecule has 0 aliphatic heterocycles. The molecule has 1 atom stereocenters. The second-order valence-corrected chi connectivity index (χ2v) is 14.5. The number of rotatable bonds is 6. The lowest BCUT2D eigenvalue weighted by Crippen LogP contribution is -2.23. The van der Waals surface area contributed by atoms with Crippen molar-refractivity contribution in [2.24, 2.45) is 5.92 Å². The molecule has 21 heavy (non-hydrogen) atoms. The van der Waals surface area contributed by atoms with E-state index in [2.05, 4.69) is 13.0 Å². The van der Waals surface area contributed by atoms with Crippen LogP contribution in [0.4, 0.5) is 0 Å². The van der Waals surface area contributed by atoms with E-state index in [1.54, 1.807) is 0 Å². The molecule has 0 N–H and O–H groups in total. The zero-order valence-corrected chi connectivity index (χ0v) is 16.0. The average molecular weight is 364 g/mol. The molecule has 1 fully saturated rings. The van der Waals surface area contributed by atoms with E-state index in [-0.39, 0.29) is 0 Å². The second-order valence-electron chi connectivity index (χ2n) is 6.53. The van der Waals surface area contributed by atoms with E-state index in [0.717, 1.165) is 23.0 Å². The zero-order valence-electron chi connectivity index (χ0n) is 12.8. The molecule has 1 aromatic rings. The third kappa shape index (κ3) is 5.78. The van der Waals surface area contributed by atoms with Crippen LogP contribution in [0.15, 0.2) is 24.3 Å². The van der Waals surface area contributed by atoms with Gasteiger partial charge in [0.1, 0.15) is 0 Å². The summed E-state index contributed by atoms with van der Waals surface area (Å²) in [5, 5.41) is 0.829. The van der Waals surface area contributed by atoms with Crippen molar-refractivity contribution >= 4 is 40.5 Å². The summed E-state index contributed by atoms with van der Waals surface area (Å²) in [6, 6.07) is 9.95. The predicted molar refractivity (Wildman–Crippen MR) is 98.1 cm³/mol. The fourth-order valence-corrected chi connectivity index (χ4v) is 7.94. The highest BCUT2D eigenvalue weighted by molar-refractivity contribution is 7.45. The van der Waals surface area contributed by atoms with Gasteiger partial charge in [0.2, 0.25) is 0 Å². The third-order valence-corrected chi connectivity index (χ3v) is 9.32. The number of hydrogen-bond donors (Lipinski definition) is 0. The standard InChI is InChI=1S/C17H25Cl3Si/c1-14(16-9-5-6-10-17(16)18)13-21(19,20)12-11-15-7-3-2-4-8-15/h5-6,9-10,14-15H,2-4,7-8,11-13H2,1H3. The Kier molecular flexibility index (Phi) is 6.93. The molecule has 1 saturated carbocycles. The van der Waals surface area contributed by atoms with E-state index >= 15 is 0 Å². The lowest BCUT2D eigenvalue weighted by Gasteiger charge is -2.26. The first kappa shape index (κ1) is 17.7. The van der Waals surface area contributed by atoms with Crippen molar-refractivity contribution in [2.75, 3.05) is 0 Å². The van der Waals surface area contributed by atoms with Crippen LogP contribution in [0.3, 0.4) is 0 Å². The summed E-state index contributed by atoms with van der Waals surface area (Å²) in [7, 11) is 0. The highest BCUT2D eigenvalue weighted by atomic mass is 35.7. The van der Waals surface area contributed by atoms with E-state index < -0.39 is 6.69 Å². The van der Waals surface area contributed by atoms with E-state index in [1.807, 2.05) is 18.2 Å². The van der Waals surface area contributed by atoms with Gasteiger partial charge in [-0.05, 0) is 35.6 Å². The minimum absolute atomic E-state index is 0.340. The number of hydrogen-bond acceptors (Lipinski definition) is 0. The van der Waals surface area contributed by atoms with Gasteiger partial charge in [0, 0.05) is 5.02 Å². The van der Waals surface area contributed by atoms with Gasteiger partial charge in [0.05, 0.1) is 0 Å². The molecule has 0 amide bonds. The number of halogens is 3. The van der Waals surface area contributed by atoms with Crippen LogP contribution >= 0.6 is 33.8 Å². The molecule has 0 radical (unpaired) electrons. The van der Waals surface area contributed by atoms with Crippen molar-refractivity contribution in [1.82, 2.24) is 0 Å². The maximum Gasteiger partial charge on any atom is 0.251 e. The van der Waals surface area contributed by atoms with Crippen molar-refractivity contribution in [2.45, 2.75) is 63.5 Å². The van der Waals surface area contributed by atoms with Gasteiger partial charge in [-0.1, -0.05) is 75.2 Å². The summed E-state index contributed by atoms with van der Waals surface area (Å²) in [5.74, 6) is 1.20. The SMILES string of the molecule is CC(C[Si](Cl)(Cl)CCC1CCCCC1)c1ccccc1Cl. The first-order valence-corrected chi connectivity index (χ1v) is 12.9. The molecular formula is C17H25Cl3Si. The van der Waals surface area contributed by atoms with Crippen molar-refractivity contribution in [3.8, 4) is 0 Å². The molecule has 1 aliphatic rings. The van der Waals surface area contributed by atoms with Crippen LogP contribution in [0.2, 0.25) is 17.1 Å². The Hall–Kier alpha value is 0.307. The van der Waals surface area contributed by atoms with Crippen molar-refractivity contribution in [3.05, 3.63) is 34.9 Å². The second kappa shape index (κ2) is 8.24. The summed E-state index contributed by atoms with van der Waals surface area (Å²) in [4.78, 5) is 0. The third-order valence-electron chi connectivity index (χ3n) is 4.68. The minimum Gasteiger partial charge on any atom is -0.146 e. The molecule has 0 aromatic heterocycles. The zero-order chi connectivity index (χ0) is 15.3. The Labute approximate surface area is 144 Å². The Morgan fingerprint density at radius 1 is 1.14 bits per heavy atom. The summed E-state index contributed by atoms with van der Waals surface area (Å²) in [6.45, 7) is 0.0185. The van der Waals surface area contributed by atoms with Gasteiger partial charge >= 0.3 is 0 Å². The van der Waals surface area contributed by atoms with Crippen molar-refractivity contribution in [3.63, 3.8) is 0 Å². The Balaban J connectivity index is 1.86. The minimum atomic E-state index is -2.17. The molecule has 0 saturated heterocycles. The highest BCUT2D eigenvalue weighted by Crippen LogP contribution is 2.39. The van der Waals surface area contributed by atoms with Crippen LogP contribution < -0.4 is 0 Å². The van der Waals surface area contributed by atoms with Crippen LogP contribution in [0.1, 0.15) is 56.9 Å². The van der Waals surface area contributed by atoms with Gasteiger partial charge in [0.25, 0.3) is 6.69 Å². The van der Waals surface area contributed by atoms with Gasteiger partial charge < -0.3 is 0 Å². The fourth-order valence-electron chi connectivity index (χ4n) is 3.43. The van der Waals surface area contributed by atoms with Gasteiger partial charge in [-0.2, -0.15) is 0 Å². The smallest absolute Gasteiger partial charge is 0.146 e. The molecule has 1 unspecified atom stereocenters. The summed E-state index contributed by atoms with van der Waals surface area (Å²) < 4.78 is 0. The van der Waals surface area contributed by atoms with E-state index in [9.17, 15) is 0 Å². The Morgan fingerprint density at radius 3 is 2.48 bits per heavy atom. The van der Waals surface area contributed by atoms with Crippen LogP contribution in [-0.4, -0.2) is 6.69 Å². The fraction of sp³-hybridized carbons (Fsp3) is 0.647. The van der Waals surface area contributed by atoms with Crippen molar-refractivity contribution < 1.29 is 0 Å². The van der Waals surface area contributed by atoms with Crippen LogP contribution in [-0.2, 0) is 0 Å².